The first kappa shape index (κ1) is 11.8. The molecule has 2 rings (SSSR count). The topological polar surface area (TPSA) is 52.3 Å². The first-order chi connectivity index (χ1) is 8.25. The Labute approximate surface area is 104 Å². The van der Waals surface area contributed by atoms with Crippen molar-refractivity contribution >= 4 is 17.3 Å². The number of hydrogen-bond donors (Lipinski definition) is 1. The first-order valence-electron chi connectivity index (χ1n) is 5.30. The Morgan fingerprint density at radius 3 is 2.65 bits per heavy atom. The number of benzene rings is 1. The predicted octanol–water partition coefficient (Wildman–Crippen LogP) is 2.22. The first-order valence-corrected chi connectivity index (χ1v) is 6.18. The van der Waals surface area contributed by atoms with Crippen LogP contribution in [0.15, 0.2) is 47.8 Å². The van der Waals surface area contributed by atoms with Gasteiger partial charge in [0.15, 0.2) is 0 Å². The fraction of sp³-hybridized carbons (Fsp3) is 0.154. The Kier molecular flexibility index (Phi) is 3.90. The Morgan fingerprint density at radius 2 is 2.00 bits per heavy atom. The highest BCUT2D eigenvalue weighted by atomic mass is 32.1. The number of carbonyl (C=O) groups excluding carboxylic acids is 1. The van der Waals surface area contributed by atoms with Gasteiger partial charge < -0.3 is 10.5 Å². The lowest BCUT2D eigenvalue weighted by atomic mass is 10.2. The fourth-order valence-electron chi connectivity index (χ4n) is 1.41. The maximum Gasteiger partial charge on any atom is 0.328 e. The maximum atomic E-state index is 11.7. The minimum absolute atomic E-state index is 0.399. The predicted molar refractivity (Wildman–Crippen MR) is 68.1 cm³/mol. The van der Waals surface area contributed by atoms with Gasteiger partial charge in [-0.25, -0.2) is 4.79 Å². The van der Waals surface area contributed by atoms with Gasteiger partial charge in [-0.1, -0.05) is 24.3 Å². The Morgan fingerprint density at radius 1 is 1.24 bits per heavy atom. The van der Waals surface area contributed by atoms with Crippen LogP contribution in [0.25, 0.3) is 0 Å². The van der Waals surface area contributed by atoms with Gasteiger partial charge in [0.25, 0.3) is 0 Å². The molecule has 0 fully saturated rings. The third kappa shape index (κ3) is 3.41. The lowest BCUT2D eigenvalue weighted by Crippen LogP contribution is -2.35. The summed E-state index contributed by atoms with van der Waals surface area (Å²) in [5.74, 6) is 0.128. The van der Waals surface area contributed by atoms with E-state index >= 15 is 0 Å². The number of ether oxygens (including phenoxy) is 1. The third-order valence-corrected chi connectivity index (χ3v) is 3.16. The zero-order valence-electron chi connectivity index (χ0n) is 9.21. The van der Waals surface area contributed by atoms with E-state index in [0.29, 0.717) is 12.2 Å². The molecule has 2 N–H and O–H groups in total. The number of para-hydroxylation sites is 1. The summed E-state index contributed by atoms with van der Waals surface area (Å²) in [6.45, 7) is 0. The molecule has 88 valence electrons. The van der Waals surface area contributed by atoms with Gasteiger partial charge in [-0.15, -0.1) is 11.3 Å². The molecule has 0 radical (unpaired) electrons. The van der Waals surface area contributed by atoms with Crippen LogP contribution >= 0.6 is 11.3 Å². The van der Waals surface area contributed by atoms with Crippen molar-refractivity contribution in [2.24, 2.45) is 5.73 Å². The summed E-state index contributed by atoms with van der Waals surface area (Å²) in [4.78, 5) is 12.8. The van der Waals surface area contributed by atoms with Crippen LogP contribution in [0.4, 0.5) is 0 Å². The van der Waals surface area contributed by atoms with E-state index in [-0.39, 0.29) is 0 Å². The van der Waals surface area contributed by atoms with Gasteiger partial charge in [-0.05, 0) is 23.6 Å². The summed E-state index contributed by atoms with van der Waals surface area (Å²) in [6.07, 6.45) is 0.517. The molecular weight excluding hydrogens is 234 g/mol. The van der Waals surface area contributed by atoms with E-state index in [4.69, 9.17) is 10.5 Å². The van der Waals surface area contributed by atoms with E-state index in [2.05, 4.69) is 0 Å². The zero-order chi connectivity index (χ0) is 12.1. The Bertz CT molecular complexity index is 467. The zero-order valence-corrected chi connectivity index (χ0v) is 10.0. The molecule has 1 heterocycles. The van der Waals surface area contributed by atoms with Crippen molar-refractivity contribution in [2.75, 3.05) is 0 Å². The minimum Gasteiger partial charge on any atom is -0.425 e. The van der Waals surface area contributed by atoms with E-state index in [1.165, 1.54) is 0 Å². The standard InChI is InChI=1S/C13H13NO2S/c14-12(9-11-7-4-8-17-11)13(15)16-10-5-2-1-3-6-10/h1-8,12H,9,14H2/t12-/m0/s1. The van der Waals surface area contributed by atoms with Crippen LogP contribution in [0, 0.1) is 0 Å². The van der Waals surface area contributed by atoms with Crippen molar-refractivity contribution in [1.29, 1.82) is 0 Å². The second-order valence-corrected chi connectivity index (χ2v) is 4.66. The van der Waals surface area contributed by atoms with Gasteiger partial charge >= 0.3 is 5.97 Å². The SMILES string of the molecule is N[C@@H](Cc1cccs1)C(=O)Oc1ccccc1. The van der Waals surface area contributed by atoms with E-state index in [1.54, 1.807) is 23.5 Å². The van der Waals surface area contributed by atoms with Crippen molar-refractivity contribution in [3.05, 3.63) is 52.7 Å². The summed E-state index contributed by atoms with van der Waals surface area (Å²) in [7, 11) is 0. The van der Waals surface area contributed by atoms with Crippen molar-refractivity contribution in [3.63, 3.8) is 0 Å². The molecule has 1 aromatic carbocycles. The molecule has 0 saturated heterocycles. The van der Waals surface area contributed by atoms with Gasteiger partial charge in [0.2, 0.25) is 0 Å². The summed E-state index contributed by atoms with van der Waals surface area (Å²) < 4.78 is 5.17. The lowest BCUT2D eigenvalue weighted by Gasteiger charge is -2.09. The van der Waals surface area contributed by atoms with E-state index < -0.39 is 12.0 Å². The normalized spacial score (nSPS) is 12.1. The largest absolute Gasteiger partial charge is 0.425 e. The van der Waals surface area contributed by atoms with Crippen molar-refractivity contribution in [2.45, 2.75) is 12.5 Å². The molecule has 0 bridgehead atoms. The Hall–Kier alpha value is -1.65. The van der Waals surface area contributed by atoms with Crippen LogP contribution in [-0.2, 0) is 11.2 Å². The van der Waals surface area contributed by atoms with Crippen molar-refractivity contribution in [1.82, 2.24) is 0 Å². The average molecular weight is 247 g/mol. The highest BCUT2D eigenvalue weighted by Crippen LogP contribution is 2.13. The number of carbonyl (C=O) groups is 1. The molecule has 1 aromatic heterocycles. The van der Waals surface area contributed by atoms with Crippen LogP contribution in [0.5, 0.6) is 5.75 Å². The number of nitrogens with two attached hydrogens (primary N) is 1. The molecule has 0 unspecified atom stereocenters. The number of hydrogen-bond acceptors (Lipinski definition) is 4. The molecule has 2 aromatic rings. The quantitative estimate of drug-likeness (QED) is 0.666. The highest BCUT2D eigenvalue weighted by molar-refractivity contribution is 7.09. The summed E-state index contributed by atoms with van der Waals surface area (Å²) >= 11 is 1.59. The van der Waals surface area contributed by atoms with Crippen LogP contribution in [0.2, 0.25) is 0 Å². The second-order valence-electron chi connectivity index (χ2n) is 3.62. The molecule has 0 aliphatic carbocycles. The Balaban J connectivity index is 1.92. The molecule has 0 aliphatic rings. The maximum absolute atomic E-state index is 11.7. The molecule has 4 heteroatoms. The number of thiophene rings is 1. The van der Waals surface area contributed by atoms with E-state index in [1.807, 2.05) is 35.7 Å². The molecule has 3 nitrogen and oxygen atoms in total. The number of esters is 1. The monoisotopic (exact) mass is 247 g/mol. The lowest BCUT2D eigenvalue weighted by molar-refractivity contribution is -0.135. The molecule has 0 amide bonds. The van der Waals surface area contributed by atoms with Gasteiger partial charge in [0, 0.05) is 11.3 Å². The van der Waals surface area contributed by atoms with Crippen LogP contribution in [0.3, 0.4) is 0 Å². The van der Waals surface area contributed by atoms with Crippen molar-refractivity contribution < 1.29 is 9.53 Å². The number of rotatable bonds is 4. The van der Waals surface area contributed by atoms with Gasteiger partial charge in [-0.2, -0.15) is 0 Å². The highest BCUT2D eigenvalue weighted by Gasteiger charge is 2.16. The average Bonchev–Trinajstić information content (AvgIpc) is 2.83. The summed E-state index contributed by atoms with van der Waals surface area (Å²) in [5, 5.41) is 1.96. The van der Waals surface area contributed by atoms with Gasteiger partial charge in [-0.3, -0.25) is 0 Å². The van der Waals surface area contributed by atoms with Crippen LogP contribution < -0.4 is 10.5 Å². The van der Waals surface area contributed by atoms with Crippen molar-refractivity contribution in [3.8, 4) is 5.75 Å². The van der Waals surface area contributed by atoms with Gasteiger partial charge in [0.1, 0.15) is 11.8 Å². The van der Waals surface area contributed by atoms with Crippen LogP contribution in [0.1, 0.15) is 4.88 Å². The molecule has 1 atom stereocenters. The molecule has 0 saturated carbocycles. The molecular formula is C13H13NO2S. The minimum atomic E-state index is -0.617. The van der Waals surface area contributed by atoms with E-state index in [9.17, 15) is 4.79 Å². The molecule has 0 spiro atoms. The van der Waals surface area contributed by atoms with E-state index in [0.717, 1.165) is 4.88 Å². The smallest absolute Gasteiger partial charge is 0.328 e. The van der Waals surface area contributed by atoms with Crippen LogP contribution in [-0.4, -0.2) is 12.0 Å². The molecule has 0 aliphatic heterocycles. The second kappa shape index (κ2) is 5.61. The summed E-state index contributed by atoms with van der Waals surface area (Å²) in [5.41, 5.74) is 5.79. The third-order valence-electron chi connectivity index (χ3n) is 2.27. The van der Waals surface area contributed by atoms with Gasteiger partial charge in [0.05, 0.1) is 0 Å². The summed E-state index contributed by atoms with van der Waals surface area (Å²) in [6, 6.07) is 12.2. The molecule has 17 heavy (non-hydrogen) atoms. The fourth-order valence-corrected chi connectivity index (χ4v) is 2.17.